The summed E-state index contributed by atoms with van der Waals surface area (Å²) in [6.45, 7) is 4.45. The largest absolute Gasteiger partial charge is 0.450 e. The topological polar surface area (TPSA) is 96.0 Å². The van der Waals surface area contributed by atoms with Crippen LogP contribution < -0.4 is 5.32 Å². The SMILES string of the molecule is CCOC(=O)N1CCN(S(=O)(=O)c2ccc(F)c(C(=O)Nc3ccc(CC)cc3)c2)CC1. The summed E-state index contributed by atoms with van der Waals surface area (Å²) >= 11 is 0. The lowest BCUT2D eigenvalue weighted by Gasteiger charge is -2.33. The molecule has 8 nitrogen and oxygen atoms in total. The summed E-state index contributed by atoms with van der Waals surface area (Å²) in [5.74, 6) is -1.56. The number of amides is 2. The Hall–Kier alpha value is -2.98. The van der Waals surface area contributed by atoms with E-state index in [1.807, 2.05) is 19.1 Å². The standard InChI is InChI=1S/C22H26FN3O5S/c1-3-16-5-7-17(8-6-16)24-21(27)19-15-18(9-10-20(19)23)32(29,30)26-13-11-25(12-14-26)22(28)31-4-2/h5-10,15H,3-4,11-14H2,1-2H3,(H,24,27). The van der Waals surface area contributed by atoms with Crippen molar-refractivity contribution < 1.29 is 27.1 Å². The van der Waals surface area contributed by atoms with Gasteiger partial charge in [-0.15, -0.1) is 0 Å². The molecule has 0 bridgehead atoms. The van der Waals surface area contributed by atoms with E-state index < -0.39 is 27.8 Å². The first-order valence-electron chi connectivity index (χ1n) is 10.4. The van der Waals surface area contributed by atoms with Gasteiger partial charge in [0.25, 0.3) is 5.91 Å². The molecule has 0 unspecified atom stereocenters. The maximum absolute atomic E-state index is 14.4. The zero-order valence-corrected chi connectivity index (χ0v) is 18.8. The van der Waals surface area contributed by atoms with Crippen molar-refractivity contribution in [3.8, 4) is 0 Å². The number of hydrogen-bond donors (Lipinski definition) is 1. The van der Waals surface area contributed by atoms with Crippen molar-refractivity contribution in [2.45, 2.75) is 25.2 Å². The van der Waals surface area contributed by atoms with Crippen LogP contribution in [0.5, 0.6) is 0 Å². The van der Waals surface area contributed by atoms with Crippen LogP contribution in [0, 0.1) is 5.82 Å². The highest BCUT2D eigenvalue weighted by Crippen LogP contribution is 2.22. The average Bonchev–Trinajstić information content (AvgIpc) is 2.80. The molecule has 1 N–H and O–H groups in total. The number of nitrogens with one attached hydrogen (secondary N) is 1. The number of sulfonamides is 1. The van der Waals surface area contributed by atoms with Gasteiger partial charge in [0, 0.05) is 31.9 Å². The van der Waals surface area contributed by atoms with E-state index in [1.54, 1.807) is 19.1 Å². The number of rotatable bonds is 6. The van der Waals surface area contributed by atoms with Crippen molar-refractivity contribution in [1.29, 1.82) is 0 Å². The molecule has 1 fully saturated rings. The Labute approximate surface area is 187 Å². The number of benzene rings is 2. The molecular formula is C22H26FN3O5S. The van der Waals surface area contributed by atoms with Crippen LogP contribution in [0.2, 0.25) is 0 Å². The molecule has 0 radical (unpaired) electrons. The molecule has 2 amide bonds. The van der Waals surface area contributed by atoms with Crippen LogP contribution in [0.4, 0.5) is 14.9 Å². The third kappa shape index (κ3) is 5.25. The summed E-state index contributed by atoms with van der Waals surface area (Å²) in [4.78, 5) is 25.7. The fourth-order valence-electron chi connectivity index (χ4n) is 3.34. The van der Waals surface area contributed by atoms with Gasteiger partial charge in [-0.05, 0) is 49.2 Å². The first-order chi connectivity index (χ1) is 15.3. The van der Waals surface area contributed by atoms with Crippen molar-refractivity contribution in [3.63, 3.8) is 0 Å². The van der Waals surface area contributed by atoms with Gasteiger partial charge in [-0.3, -0.25) is 4.79 Å². The van der Waals surface area contributed by atoms with Gasteiger partial charge in [0.05, 0.1) is 17.1 Å². The van der Waals surface area contributed by atoms with E-state index in [4.69, 9.17) is 4.74 Å². The predicted molar refractivity (Wildman–Crippen MR) is 118 cm³/mol. The van der Waals surface area contributed by atoms with Gasteiger partial charge in [-0.2, -0.15) is 4.31 Å². The molecule has 0 aliphatic carbocycles. The van der Waals surface area contributed by atoms with Gasteiger partial charge < -0.3 is 15.0 Å². The molecular weight excluding hydrogens is 437 g/mol. The summed E-state index contributed by atoms with van der Waals surface area (Å²) < 4.78 is 46.6. The lowest BCUT2D eigenvalue weighted by Crippen LogP contribution is -2.50. The van der Waals surface area contributed by atoms with Crippen LogP contribution in [-0.4, -0.2) is 62.4 Å². The Morgan fingerprint density at radius 1 is 1.03 bits per heavy atom. The Balaban J connectivity index is 1.75. The number of carbonyl (C=O) groups is 2. The van der Waals surface area contributed by atoms with Crippen molar-refractivity contribution >= 4 is 27.7 Å². The Bertz CT molecular complexity index is 1080. The summed E-state index contributed by atoms with van der Waals surface area (Å²) in [5.41, 5.74) is 1.20. The van der Waals surface area contributed by atoms with Crippen molar-refractivity contribution in [1.82, 2.24) is 9.21 Å². The lowest BCUT2D eigenvalue weighted by molar-refractivity contribution is 0.0933. The smallest absolute Gasteiger partial charge is 0.409 e. The van der Waals surface area contributed by atoms with Gasteiger partial charge in [0.2, 0.25) is 10.0 Å². The lowest BCUT2D eigenvalue weighted by atomic mass is 10.1. The van der Waals surface area contributed by atoms with E-state index in [0.717, 1.165) is 30.2 Å². The van der Waals surface area contributed by atoms with E-state index in [1.165, 1.54) is 9.21 Å². The van der Waals surface area contributed by atoms with Gasteiger partial charge in [-0.1, -0.05) is 19.1 Å². The van der Waals surface area contributed by atoms with Crippen LogP contribution in [0.25, 0.3) is 0 Å². The highest BCUT2D eigenvalue weighted by molar-refractivity contribution is 7.89. The molecule has 3 rings (SSSR count). The summed E-state index contributed by atoms with van der Waals surface area (Å²) in [7, 11) is -3.97. The Morgan fingerprint density at radius 2 is 1.69 bits per heavy atom. The number of piperazine rings is 1. The number of hydrogen-bond acceptors (Lipinski definition) is 5. The highest BCUT2D eigenvalue weighted by atomic mass is 32.2. The highest BCUT2D eigenvalue weighted by Gasteiger charge is 2.31. The molecule has 1 aliphatic rings. The molecule has 1 aliphatic heterocycles. The van der Waals surface area contributed by atoms with Gasteiger partial charge in [0.15, 0.2) is 0 Å². The molecule has 32 heavy (non-hydrogen) atoms. The van der Waals surface area contributed by atoms with E-state index >= 15 is 0 Å². The molecule has 0 spiro atoms. The third-order valence-electron chi connectivity index (χ3n) is 5.20. The molecule has 10 heteroatoms. The third-order valence-corrected chi connectivity index (χ3v) is 7.10. The zero-order chi connectivity index (χ0) is 23.3. The van der Waals surface area contributed by atoms with Crippen molar-refractivity contribution in [3.05, 3.63) is 59.4 Å². The van der Waals surface area contributed by atoms with Crippen LogP contribution in [0.1, 0.15) is 29.8 Å². The maximum Gasteiger partial charge on any atom is 0.409 e. The van der Waals surface area contributed by atoms with Crippen LogP contribution in [0.3, 0.4) is 0 Å². The van der Waals surface area contributed by atoms with E-state index in [0.29, 0.717) is 5.69 Å². The minimum Gasteiger partial charge on any atom is -0.450 e. The van der Waals surface area contributed by atoms with Crippen molar-refractivity contribution in [2.75, 3.05) is 38.1 Å². The summed E-state index contributed by atoms with van der Waals surface area (Å²) in [6.07, 6.45) is 0.355. The van der Waals surface area contributed by atoms with E-state index in [-0.39, 0.29) is 43.2 Å². The second kappa shape index (κ2) is 10.1. The molecule has 1 heterocycles. The van der Waals surface area contributed by atoms with Gasteiger partial charge in [0.1, 0.15) is 5.82 Å². The Kier molecular flexibility index (Phi) is 7.47. The number of nitrogens with zero attached hydrogens (tertiary/aromatic N) is 2. The van der Waals surface area contributed by atoms with Gasteiger partial charge in [-0.25, -0.2) is 17.6 Å². The maximum atomic E-state index is 14.4. The van der Waals surface area contributed by atoms with Gasteiger partial charge >= 0.3 is 6.09 Å². The van der Waals surface area contributed by atoms with Crippen LogP contribution in [0.15, 0.2) is 47.4 Å². The Morgan fingerprint density at radius 3 is 2.28 bits per heavy atom. The summed E-state index contributed by atoms with van der Waals surface area (Å²) in [6, 6.07) is 10.3. The number of carbonyl (C=O) groups excluding carboxylic acids is 2. The zero-order valence-electron chi connectivity index (χ0n) is 18.0. The fourth-order valence-corrected chi connectivity index (χ4v) is 4.78. The van der Waals surface area contributed by atoms with E-state index in [2.05, 4.69) is 5.32 Å². The summed E-state index contributed by atoms with van der Waals surface area (Å²) in [5, 5.41) is 2.59. The predicted octanol–water partition coefficient (Wildman–Crippen LogP) is 3.10. The molecule has 0 atom stereocenters. The first-order valence-corrected chi connectivity index (χ1v) is 11.8. The second-order valence-electron chi connectivity index (χ2n) is 7.24. The average molecular weight is 464 g/mol. The first kappa shape index (κ1) is 23.7. The monoisotopic (exact) mass is 463 g/mol. The molecule has 1 saturated heterocycles. The van der Waals surface area contributed by atoms with E-state index in [9.17, 15) is 22.4 Å². The number of halogens is 1. The van der Waals surface area contributed by atoms with Crippen LogP contribution >= 0.6 is 0 Å². The normalized spacial score (nSPS) is 14.8. The fraction of sp³-hybridized carbons (Fsp3) is 0.364. The number of aryl methyl sites for hydroxylation is 1. The minimum absolute atomic E-state index is 0.0732. The molecule has 0 aromatic heterocycles. The molecule has 2 aromatic carbocycles. The van der Waals surface area contributed by atoms with Crippen LogP contribution in [-0.2, 0) is 21.2 Å². The quantitative estimate of drug-likeness (QED) is 0.710. The molecule has 2 aromatic rings. The molecule has 0 saturated carbocycles. The second-order valence-corrected chi connectivity index (χ2v) is 9.17. The van der Waals surface area contributed by atoms with Crippen molar-refractivity contribution in [2.24, 2.45) is 0 Å². The number of anilines is 1. The minimum atomic E-state index is -3.97. The molecule has 172 valence electrons. The number of ether oxygens (including phenoxy) is 1.